The Kier molecular flexibility index (Phi) is 5.47. The van der Waals surface area contributed by atoms with Gasteiger partial charge in [0, 0.05) is 41.3 Å². The highest BCUT2D eigenvalue weighted by Gasteiger charge is 2.64. The summed E-state index contributed by atoms with van der Waals surface area (Å²) in [5.41, 5.74) is 0.848. The van der Waals surface area contributed by atoms with E-state index >= 15 is 0 Å². The van der Waals surface area contributed by atoms with Crippen LogP contribution in [0, 0.1) is 12.3 Å². The van der Waals surface area contributed by atoms with Crippen molar-refractivity contribution in [1.82, 2.24) is 9.88 Å². The van der Waals surface area contributed by atoms with E-state index in [0.29, 0.717) is 22.3 Å². The lowest BCUT2D eigenvalue weighted by Gasteiger charge is -2.33. The molecule has 2 saturated heterocycles. The minimum atomic E-state index is -1.15. The number of pyridine rings is 1. The van der Waals surface area contributed by atoms with Crippen molar-refractivity contribution in [2.45, 2.75) is 11.5 Å². The van der Waals surface area contributed by atoms with Crippen molar-refractivity contribution >= 4 is 46.6 Å². The third-order valence-corrected chi connectivity index (χ3v) is 7.06. The SMILES string of the molecule is C#Cc1ccc([C@@H]2CN(c3ccccn3)C[C@]23C(=O)N(c2cc(Cl)cc(Cl)c2)C(=O)N3C)cc1. The number of aromatic nitrogens is 1. The zero-order valence-corrected chi connectivity index (χ0v) is 19.8. The van der Waals surface area contributed by atoms with E-state index in [-0.39, 0.29) is 18.4 Å². The number of nitrogens with zero attached hydrogens (tertiary/aromatic N) is 4. The van der Waals surface area contributed by atoms with Crippen LogP contribution in [0.1, 0.15) is 17.0 Å². The lowest BCUT2D eigenvalue weighted by Crippen LogP contribution is -2.53. The number of rotatable bonds is 3. The van der Waals surface area contributed by atoms with Gasteiger partial charge in [-0.3, -0.25) is 4.79 Å². The summed E-state index contributed by atoms with van der Waals surface area (Å²) in [6.07, 6.45) is 7.25. The van der Waals surface area contributed by atoms with Gasteiger partial charge in [-0.2, -0.15) is 0 Å². The first-order valence-electron chi connectivity index (χ1n) is 10.7. The first kappa shape index (κ1) is 22.3. The van der Waals surface area contributed by atoms with Gasteiger partial charge in [-0.25, -0.2) is 14.7 Å². The van der Waals surface area contributed by atoms with Gasteiger partial charge in [0.15, 0.2) is 0 Å². The van der Waals surface area contributed by atoms with Gasteiger partial charge in [0.2, 0.25) is 0 Å². The molecular formula is C26H20Cl2N4O2. The first-order chi connectivity index (χ1) is 16.3. The number of imide groups is 1. The molecule has 8 heteroatoms. The fraction of sp³-hybridized carbons (Fsp3) is 0.192. The molecule has 3 aromatic rings. The third-order valence-electron chi connectivity index (χ3n) is 6.62. The van der Waals surface area contributed by atoms with E-state index in [9.17, 15) is 9.59 Å². The van der Waals surface area contributed by atoms with Gasteiger partial charge in [-0.1, -0.05) is 47.3 Å². The van der Waals surface area contributed by atoms with Crippen LogP contribution in [0.3, 0.4) is 0 Å². The molecule has 34 heavy (non-hydrogen) atoms. The molecule has 5 rings (SSSR count). The van der Waals surface area contributed by atoms with Gasteiger partial charge in [0.1, 0.15) is 11.4 Å². The number of hydrogen-bond acceptors (Lipinski definition) is 4. The maximum Gasteiger partial charge on any atom is 0.332 e. The summed E-state index contributed by atoms with van der Waals surface area (Å²) in [5, 5.41) is 0.685. The predicted octanol–water partition coefficient (Wildman–Crippen LogP) is 4.81. The van der Waals surface area contributed by atoms with Gasteiger partial charge in [-0.05, 0) is 48.0 Å². The van der Waals surface area contributed by atoms with E-state index < -0.39 is 11.6 Å². The molecule has 2 atom stereocenters. The molecule has 2 aliphatic heterocycles. The van der Waals surface area contributed by atoms with Gasteiger partial charge >= 0.3 is 6.03 Å². The maximum atomic E-state index is 14.2. The van der Waals surface area contributed by atoms with E-state index in [2.05, 4.69) is 10.9 Å². The Labute approximate surface area is 207 Å². The van der Waals surface area contributed by atoms with Crippen molar-refractivity contribution in [1.29, 1.82) is 0 Å². The van der Waals surface area contributed by atoms with Crippen LogP contribution in [-0.4, -0.2) is 47.5 Å². The Morgan fingerprint density at radius 3 is 2.38 bits per heavy atom. The average molecular weight is 491 g/mol. The molecule has 3 heterocycles. The second kappa shape index (κ2) is 8.35. The average Bonchev–Trinajstić information content (AvgIpc) is 3.32. The van der Waals surface area contributed by atoms with Gasteiger partial charge < -0.3 is 9.80 Å². The van der Waals surface area contributed by atoms with Crippen molar-refractivity contribution in [3.05, 3.63) is 88.0 Å². The molecule has 2 aromatic carbocycles. The molecule has 2 fully saturated rings. The topological polar surface area (TPSA) is 56.8 Å². The Bertz CT molecular complexity index is 1300. The standard InChI is InChI=1S/C26H20Cl2N4O2/c1-3-17-7-9-18(10-8-17)22-15-31(23-6-4-5-11-29-23)16-26(22)24(33)32(25(34)30(26)2)21-13-19(27)12-20(28)14-21/h1,4-14,22H,15-16H2,2H3/t22-,26+/m0/s1. The van der Waals surface area contributed by atoms with Crippen molar-refractivity contribution in [2.24, 2.45) is 0 Å². The summed E-state index contributed by atoms with van der Waals surface area (Å²) in [6, 6.07) is 17.4. The monoisotopic (exact) mass is 490 g/mol. The fourth-order valence-corrected chi connectivity index (χ4v) is 5.46. The molecule has 0 N–H and O–H groups in total. The number of urea groups is 1. The number of halogens is 2. The van der Waals surface area contributed by atoms with Crippen LogP contribution in [0.4, 0.5) is 16.3 Å². The van der Waals surface area contributed by atoms with Crippen LogP contribution in [0.15, 0.2) is 66.9 Å². The van der Waals surface area contributed by atoms with Crippen molar-refractivity contribution in [3.63, 3.8) is 0 Å². The van der Waals surface area contributed by atoms with Crippen LogP contribution in [0.25, 0.3) is 0 Å². The Morgan fingerprint density at radius 2 is 1.76 bits per heavy atom. The van der Waals surface area contributed by atoms with E-state index in [0.717, 1.165) is 16.9 Å². The highest BCUT2D eigenvalue weighted by molar-refractivity contribution is 6.35. The number of anilines is 2. The minimum absolute atomic E-state index is 0.289. The van der Waals surface area contributed by atoms with Crippen LogP contribution in [-0.2, 0) is 4.79 Å². The lowest BCUT2D eigenvalue weighted by atomic mass is 9.80. The summed E-state index contributed by atoms with van der Waals surface area (Å²) >= 11 is 12.4. The summed E-state index contributed by atoms with van der Waals surface area (Å²) in [7, 11) is 1.66. The molecule has 0 saturated carbocycles. The smallest absolute Gasteiger partial charge is 0.332 e. The molecule has 170 valence electrons. The normalized spacial score (nSPS) is 22.1. The van der Waals surface area contributed by atoms with Crippen molar-refractivity contribution < 1.29 is 9.59 Å². The first-order valence-corrected chi connectivity index (χ1v) is 11.4. The molecule has 6 nitrogen and oxygen atoms in total. The molecule has 0 bridgehead atoms. The zero-order chi connectivity index (χ0) is 24.0. The highest BCUT2D eigenvalue weighted by atomic mass is 35.5. The van der Waals surface area contributed by atoms with E-state index in [1.165, 1.54) is 9.80 Å². The van der Waals surface area contributed by atoms with Crippen LogP contribution >= 0.6 is 23.2 Å². The summed E-state index contributed by atoms with van der Waals surface area (Å²) < 4.78 is 0. The second-order valence-corrected chi connectivity index (χ2v) is 9.29. The molecule has 1 spiro atoms. The lowest BCUT2D eigenvalue weighted by molar-refractivity contribution is -0.124. The molecule has 0 radical (unpaired) electrons. The number of terminal acetylenes is 1. The van der Waals surface area contributed by atoms with Crippen molar-refractivity contribution in [2.75, 3.05) is 29.9 Å². The number of hydrogen-bond donors (Lipinski definition) is 0. The van der Waals surface area contributed by atoms with E-state index in [1.54, 1.807) is 31.4 Å². The summed E-state index contributed by atoms with van der Waals surface area (Å²) in [5.74, 6) is 2.71. The number of likely N-dealkylation sites (N-methyl/N-ethyl adjacent to an activating group) is 1. The summed E-state index contributed by atoms with van der Waals surface area (Å²) in [4.78, 5) is 36.9. The maximum absolute atomic E-state index is 14.2. The Hall–Kier alpha value is -3.53. The number of benzene rings is 2. The third kappa shape index (κ3) is 3.40. The van der Waals surface area contributed by atoms with Gasteiger partial charge in [0.05, 0.1) is 12.2 Å². The van der Waals surface area contributed by atoms with Crippen LogP contribution < -0.4 is 9.80 Å². The fourth-order valence-electron chi connectivity index (χ4n) is 4.94. The Morgan fingerprint density at radius 1 is 1.06 bits per heavy atom. The largest absolute Gasteiger partial charge is 0.353 e. The molecule has 3 amide bonds. The minimum Gasteiger partial charge on any atom is -0.353 e. The zero-order valence-electron chi connectivity index (χ0n) is 18.3. The quantitative estimate of drug-likeness (QED) is 0.390. The molecular weight excluding hydrogens is 471 g/mol. The van der Waals surface area contributed by atoms with Crippen LogP contribution in [0.2, 0.25) is 10.0 Å². The van der Waals surface area contributed by atoms with Gasteiger partial charge in [0.25, 0.3) is 5.91 Å². The number of carbonyl (C=O) groups is 2. The predicted molar refractivity (Wildman–Crippen MR) is 133 cm³/mol. The summed E-state index contributed by atoms with van der Waals surface area (Å²) in [6.45, 7) is 0.789. The molecule has 0 aliphatic carbocycles. The van der Waals surface area contributed by atoms with E-state index in [1.807, 2.05) is 47.4 Å². The van der Waals surface area contributed by atoms with E-state index in [4.69, 9.17) is 29.6 Å². The highest BCUT2D eigenvalue weighted by Crippen LogP contribution is 2.47. The number of amides is 3. The van der Waals surface area contributed by atoms with Crippen molar-refractivity contribution in [3.8, 4) is 12.3 Å². The molecule has 2 aliphatic rings. The molecule has 0 unspecified atom stereocenters. The Balaban J connectivity index is 1.64. The number of carbonyl (C=O) groups excluding carboxylic acids is 2. The van der Waals surface area contributed by atoms with Crippen LogP contribution in [0.5, 0.6) is 0 Å². The molecule has 1 aromatic heterocycles. The van der Waals surface area contributed by atoms with Gasteiger partial charge in [-0.15, -0.1) is 6.42 Å². The second-order valence-electron chi connectivity index (χ2n) is 8.42.